The summed E-state index contributed by atoms with van der Waals surface area (Å²) in [5, 5.41) is 9.61. The summed E-state index contributed by atoms with van der Waals surface area (Å²) in [4.78, 5) is 0. The summed E-state index contributed by atoms with van der Waals surface area (Å²) >= 11 is 0. The minimum Gasteiger partial charge on any atom is -0.204 e. The number of nitrogens with zero attached hydrogens (tertiary/aromatic N) is 4. The van der Waals surface area contributed by atoms with Gasteiger partial charge in [-0.15, -0.1) is 15.8 Å². The van der Waals surface area contributed by atoms with Gasteiger partial charge in [0.25, 0.3) is 10.0 Å². The van der Waals surface area contributed by atoms with E-state index in [0.29, 0.717) is 4.09 Å². The van der Waals surface area contributed by atoms with Gasteiger partial charge < -0.3 is 0 Å². The lowest BCUT2D eigenvalue weighted by molar-refractivity contribution is 0.580. The van der Waals surface area contributed by atoms with Gasteiger partial charge in [0.1, 0.15) is 0 Å². The monoisotopic (exact) mass is 266 g/mol. The molecule has 0 saturated heterocycles. The Morgan fingerprint density at radius 3 is 2.39 bits per heavy atom. The lowest BCUT2D eigenvalue weighted by atomic mass is 10.2. The molecule has 0 amide bonds. The van der Waals surface area contributed by atoms with Gasteiger partial charge in [0.2, 0.25) is 0 Å². The lowest BCUT2D eigenvalue weighted by Crippen LogP contribution is -2.15. The van der Waals surface area contributed by atoms with Gasteiger partial charge in [-0.2, -0.15) is 0 Å². The standard InChI is InChI=1S/C7H8.C4H6N4O2S/c1-7-5-3-2-4-6-7;1-2-3-11(9,10)8-4-5-6-7-8/h2-6H,1H3;2,4H,1,3H2. The van der Waals surface area contributed by atoms with E-state index in [4.69, 9.17) is 0 Å². The van der Waals surface area contributed by atoms with Crippen molar-refractivity contribution in [1.29, 1.82) is 0 Å². The molecule has 0 aliphatic heterocycles. The maximum absolute atomic E-state index is 11.0. The molecule has 0 unspecified atom stereocenters. The first-order chi connectivity index (χ1) is 8.56. The Morgan fingerprint density at radius 1 is 1.33 bits per heavy atom. The second-order valence-corrected chi connectivity index (χ2v) is 5.28. The topological polar surface area (TPSA) is 77.7 Å². The first-order valence-corrected chi connectivity index (χ1v) is 6.76. The predicted octanol–water partition coefficient (Wildman–Crippen LogP) is 1.03. The maximum atomic E-state index is 11.0. The largest absolute Gasteiger partial charge is 0.260 e. The molecule has 0 saturated carbocycles. The van der Waals surface area contributed by atoms with Crippen molar-refractivity contribution in [2.75, 3.05) is 5.75 Å². The van der Waals surface area contributed by atoms with Gasteiger partial charge in [-0.25, -0.2) is 8.42 Å². The number of hydrogen-bond acceptors (Lipinski definition) is 5. The average Bonchev–Trinajstić information content (AvgIpc) is 2.85. The minimum atomic E-state index is -3.40. The Hall–Kier alpha value is -2.02. The Balaban J connectivity index is 0.000000199. The van der Waals surface area contributed by atoms with Gasteiger partial charge in [0, 0.05) is 0 Å². The molecule has 0 aliphatic rings. The third-order valence-electron chi connectivity index (χ3n) is 1.88. The van der Waals surface area contributed by atoms with Crippen molar-refractivity contribution in [3.8, 4) is 0 Å². The highest BCUT2D eigenvalue weighted by atomic mass is 32.2. The van der Waals surface area contributed by atoms with E-state index in [1.54, 1.807) is 0 Å². The highest BCUT2D eigenvalue weighted by molar-refractivity contribution is 7.89. The average molecular weight is 266 g/mol. The molecule has 7 heteroatoms. The van der Waals surface area contributed by atoms with Crippen molar-refractivity contribution >= 4 is 10.0 Å². The summed E-state index contributed by atoms with van der Waals surface area (Å²) in [6.45, 7) is 5.38. The summed E-state index contributed by atoms with van der Waals surface area (Å²) in [5.74, 6) is -0.169. The van der Waals surface area contributed by atoms with E-state index in [1.807, 2.05) is 18.2 Å². The molecule has 18 heavy (non-hydrogen) atoms. The van der Waals surface area contributed by atoms with E-state index in [0.717, 1.165) is 6.33 Å². The van der Waals surface area contributed by atoms with E-state index in [-0.39, 0.29) is 5.75 Å². The first kappa shape index (κ1) is 14.0. The van der Waals surface area contributed by atoms with Crippen molar-refractivity contribution < 1.29 is 8.42 Å². The SMILES string of the molecule is C=CCS(=O)(=O)n1cnnn1.Cc1ccccc1. The molecule has 0 spiro atoms. The molecule has 1 heterocycles. The van der Waals surface area contributed by atoms with E-state index in [1.165, 1.54) is 11.6 Å². The van der Waals surface area contributed by atoms with E-state index in [9.17, 15) is 8.42 Å². The molecule has 2 rings (SSSR count). The number of rotatable bonds is 3. The van der Waals surface area contributed by atoms with E-state index >= 15 is 0 Å². The van der Waals surface area contributed by atoms with Crippen LogP contribution in [-0.2, 0) is 10.0 Å². The first-order valence-electron chi connectivity index (χ1n) is 5.15. The second kappa shape index (κ2) is 6.65. The van der Waals surface area contributed by atoms with Crippen LogP contribution in [0.1, 0.15) is 5.56 Å². The van der Waals surface area contributed by atoms with Crippen LogP contribution >= 0.6 is 0 Å². The third kappa shape index (κ3) is 4.46. The van der Waals surface area contributed by atoms with Gasteiger partial charge in [-0.05, 0) is 17.4 Å². The van der Waals surface area contributed by atoms with Crippen LogP contribution in [0, 0.1) is 6.92 Å². The summed E-state index contributed by atoms with van der Waals surface area (Å²) < 4.78 is 22.8. The zero-order chi connectivity index (χ0) is 13.4. The smallest absolute Gasteiger partial charge is 0.204 e. The quantitative estimate of drug-likeness (QED) is 0.775. The number of benzene rings is 1. The molecule has 0 atom stereocenters. The molecule has 0 fully saturated rings. The van der Waals surface area contributed by atoms with Crippen molar-refractivity contribution in [2.24, 2.45) is 0 Å². The molecule has 1 aromatic heterocycles. The van der Waals surface area contributed by atoms with Crippen molar-refractivity contribution in [3.05, 3.63) is 54.9 Å². The van der Waals surface area contributed by atoms with Crippen LogP contribution in [0.15, 0.2) is 49.3 Å². The van der Waals surface area contributed by atoms with Gasteiger partial charge >= 0.3 is 0 Å². The fourth-order valence-electron chi connectivity index (χ4n) is 1.04. The molecule has 0 aliphatic carbocycles. The molecule has 0 radical (unpaired) electrons. The molecule has 6 nitrogen and oxygen atoms in total. The van der Waals surface area contributed by atoms with Crippen LogP contribution in [0.5, 0.6) is 0 Å². The van der Waals surface area contributed by atoms with Gasteiger partial charge in [-0.1, -0.05) is 42.0 Å². The highest BCUT2D eigenvalue weighted by Gasteiger charge is 2.10. The lowest BCUT2D eigenvalue weighted by Gasteiger charge is -1.95. The fraction of sp³-hybridized carbons (Fsp3) is 0.182. The van der Waals surface area contributed by atoms with Crippen LogP contribution in [0.3, 0.4) is 0 Å². The number of tetrazole rings is 1. The van der Waals surface area contributed by atoms with Crippen LogP contribution in [0.2, 0.25) is 0 Å². The summed E-state index contributed by atoms with van der Waals surface area (Å²) in [7, 11) is -3.40. The van der Waals surface area contributed by atoms with Gasteiger partial charge in [0.05, 0.1) is 5.75 Å². The normalized spacial score (nSPS) is 10.3. The Bertz CT molecular complexity index is 564. The zero-order valence-corrected chi connectivity index (χ0v) is 10.8. The molecule has 2 aromatic rings. The Kier molecular flexibility index (Phi) is 5.19. The van der Waals surface area contributed by atoms with Crippen molar-refractivity contribution in [2.45, 2.75) is 6.92 Å². The predicted molar refractivity (Wildman–Crippen MR) is 68.4 cm³/mol. The van der Waals surface area contributed by atoms with Crippen LogP contribution in [0.4, 0.5) is 0 Å². The number of aromatic nitrogens is 4. The van der Waals surface area contributed by atoms with Crippen LogP contribution in [0.25, 0.3) is 0 Å². The van der Waals surface area contributed by atoms with Crippen molar-refractivity contribution in [3.63, 3.8) is 0 Å². The Morgan fingerprint density at radius 2 is 2.00 bits per heavy atom. The fourth-order valence-corrected chi connectivity index (χ4v) is 1.82. The van der Waals surface area contributed by atoms with E-state index < -0.39 is 10.0 Å². The maximum Gasteiger partial charge on any atom is 0.260 e. The van der Waals surface area contributed by atoms with Crippen LogP contribution < -0.4 is 0 Å². The van der Waals surface area contributed by atoms with E-state index in [2.05, 4.69) is 41.2 Å². The van der Waals surface area contributed by atoms with Gasteiger partial charge in [-0.3, -0.25) is 0 Å². The molecule has 96 valence electrons. The summed E-state index contributed by atoms with van der Waals surface area (Å²) in [6.07, 6.45) is 2.30. The molecule has 0 N–H and O–H groups in total. The minimum absolute atomic E-state index is 0.169. The number of aryl methyl sites for hydroxylation is 1. The van der Waals surface area contributed by atoms with Crippen molar-refractivity contribution in [1.82, 2.24) is 19.6 Å². The molecular weight excluding hydrogens is 252 g/mol. The third-order valence-corrected chi connectivity index (χ3v) is 3.28. The highest BCUT2D eigenvalue weighted by Crippen LogP contribution is 1.92. The molecule has 0 bridgehead atoms. The Labute approximate surface area is 106 Å². The zero-order valence-electron chi connectivity index (χ0n) is 9.97. The molecule has 1 aromatic carbocycles. The second-order valence-electron chi connectivity index (χ2n) is 3.40. The number of hydrogen-bond donors (Lipinski definition) is 0. The van der Waals surface area contributed by atoms with Crippen LogP contribution in [-0.4, -0.2) is 33.8 Å². The van der Waals surface area contributed by atoms with Gasteiger partial charge in [0.15, 0.2) is 6.33 Å². The summed E-state index contributed by atoms with van der Waals surface area (Å²) in [5.41, 5.74) is 1.32. The molecular formula is C11H14N4O2S. The summed E-state index contributed by atoms with van der Waals surface area (Å²) in [6, 6.07) is 10.3.